The zero-order chi connectivity index (χ0) is 14.7. The molecular formula is C16H18N4O. The van der Waals surface area contributed by atoms with Gasteiger partial charge in [0.15, 0.2) is 11.2 Å². The van der Waals surface area contributed by atoms with Crippen LogP contribution in [0.5, 0.6) is 0 Å². The van der Waals surface area contributed by atoms with Crippen LogP contribution in [0.3, 0.4) is 0 Å². The second-order valence-electron chi connectivity index (χ2n) is 5.15. The normalized spacial score (nSPS) is 11.1. The fourth-order valence-corrected chi connectivity index (χ4v) is 2.39. The molecule has 1 aromatic carbocycles. The van der Waals surface area contributed by atoms with Crippen molar-refractivity contribution in [2.45, 2.75) is 32.7 Å². The summed E-state index contributed by atoms with van der Waals surface area (Å²) in [5.74, 6) is 0.722. The van der Waals surface area contributed by atoms with Gasteiger partial charge >= 0.3 is 0 Å². The van der Waals surface area contributed by atoms with Crippen LogP contribution >= 0.6 is 0 Å². The zero-order valence-electron chi connectivity index (χ0n) is 12.0. The van der Waals surface area contributed by atoms with E-state index in [1.54, 1.807) is 6.33 Å². The Hall–Kier alpha value is -2.43. The van der Waals surface area contributed by atoms with Crippen LogP contribution in [0.15, 0.2) is 41.5 Å². The summed E-state index contributed by atoms with van der Waals surface area (Å²) in [6.45, 7) is 2.74. The van der Waals surface area contributed by atoms with Crippen LogP contribution in [0, 0.1) is 0 Å². The highest BCUT2D eigenvalue weighted by molar-refractivity contribution is 5.69. The molecule has 0 aliphatic heterocycles. The average Bonchev–Trinajstić information content (AvgIpc) is 2.90. The molecule has 0 unspecified atom stereocenters. The standard InChI is InChI=1S/C16H18N4O/c1-2-3-9-13-18-15-14(16(21)19-13)20(11-17-15)10-12-7-5-4-6-8-12/h4-8,11H,2-3,9-10H2,1H3,(H,18,19,21). The molecule has 0 saturated heterocycles. The summed E-state index contributed by atoms with van der Waals surface area (Å²) in [4.78, 5) is 23.9. The Balaban J connectivity index is 1.97. The second-order valence-corrected chi connectivity index (χ2v) is 5.15. The maximum absolute atomic E-state index is 12.3. The van der Waals surface area contributed by atoms with Gasteiger partial charge in [-0.05, 0) is 12.0 Å². The molecule has 1 N–H and O–H groups in total. The first kappa shape index (κ1) is 13.5. The van der Waals surface area contributed by atoms with Gasteiger partial charge in [-0.25, -0.2) is 9.97 Å². The maximum Gasteiger partial charge on any atom is 0.277 e. The minimum Gasteiger partial charge on any atom is -0.320 e. The molecule has 3 aromatic rings. The van der Waals surface area contributed by atoms with Crippen LogP contribution in [0.1, 0.15) is 31.2 Å². The van der Waals surface area contributed by atoms with Crippen LogP contribution in [0.2, 0.25) is 0 Å². The van der Waals surface area contributed by atoms with Gasteiger partial charge in [0, 0.05) is 13.0 Å². The van der Waals surface area contributed by atoms with Crippen molar-refractivity contribution in [1.29, 1.82) is 0 Å². The molecule has 0 fully saturated rings. The van der Waals surface area contributed by atoms with E-state index < -0.39 is 0 Å². The molecule has 2 heterocycles. The maximum atomic E-state index is 12.3. The summed E-state index contributed by atoms with van der Waals surface area (Å²) in [7, 11) is 0. The van der Waals surface area contributed by atoms with E-state index >= 15 is 0 Å². The van der Waals surface area contributed by atoms with E-state index in [0.717, 1.165) is 30.7 Å². The number of aromatic amines is 1. The largest absolute Gasteiger partial charge is 0.320 e. The number of nitrogens with zero attached hydrogens (tertiary/aromatic N) is 3. The highest BCUT2D eigenvalue weighted by Crippen LogP contribution is 2.10. The molecular weight excluding hydrogens is 264 g/mol. The summed E-state index contributed by atoms with van der Waals surface area (Å²) < 4.78 is 1.85. The van der Waals surface area contributed by atoms with Gasteiger partial charge in [-0.3, -0.25) is 4.79 Å². The molecule has 0 aliphatic rings. The summed E-state index contributed by atoms with van der Waals surface area (Å²) in [6.07, 6.45) is 4.56. The number of imidazole rings is 1. The summed E-state index contributed by atoms with van der Waals surface area (Å²) >= 11 is 0. The number of benzene rings is 1. The lowest BCUT2D eigenvalue weighted by Gasteiger charge is -2.04. The number of fused-ring (bicyclic) bond motifs is 1. The molecule has 21 heavy (non-hydrogen) atoms. The van der Waals surface area contributed by atoms with Gasteiger partial charge in [0.1, 0.15) is 5.82 Å². The number of hydrogen-bond acceptors (Lipinski definition) is 3. The highest BCUT2D eigenvalue weighted by atomic mass is 16.1. The van der Waals surface area contributed by atoms with Gasteiger partial charge in [0.25, 0.3) is 5.56 Å². The Morgan fingerprint density at radius 1 is 1.24 bits per heavy atom. The minimum atomic E-state index is -0.112. The number of unbranched alkanes of at least 4 members (excludes halogenated alkanes) is 1. The van der Waals surface area contributed by atoms with Gasteiger partial charge in [0.2, 0.25) is 0 Å². The van der Waals surface area contributed by atoms with Crippen molar-refractivity contribution in [2.24, 2.45) is 0 Å². The first-order chi connectivity index (χ1) is 10.3. The van der Waals surface area contributed by atoms with Crippen molar-refractivity contribution < 1.29 is 0 Å². The van der Waals surface area contributed by atoms with Gasteiger partial charge in [-0.1, -0.05) is 43.7 Å². The average molecular weight is 282 g/mol. The SMILES string of the molecule is CCCCc1nc2ncn(Cc3ccccc3)c2c(=O)[nH]1. The number of H-pyrrole nitrogens is 1. The van der Waals surface area contributed by atoms with Crippen molar-refractivity contribution in [3.63, 3.8) is 0 Å². The quantitative estimate of drug-likeness (QED) is 0.782. The Labute approximate surface area is 122 Å². The summed E-state index contributed by atoms with van der Waals surface area (Å²) in [5.41, 5.74) is 2.09. The number of aryl methyl sites for hydroxylation is 1. The third-order valence-corrected chi connectivity index (χ3v) is 3.50. The van der Waals surface area contributed by atoms with E-state index in [0.29, 0.717) is 17.7 Å². The fraction of sp³-hybridized carbons (Fsp3) is 0.312. The molecule has 0 spiro atoms. The van der Waals surface area contributed by atoms with Crippen LogP contribution in [-0.4, -0.2) is 19.5 Å². The fourth-order valence-electron chi connectivity index (χ4n) is 2.39. The van der Waals surface area contributed by atoms with Crippen molar-refractivity contribution in [3.8, 4) is 0 Å². The molecule has 0 amide bonds. The van der Waals surface area contributed by atoms with Crippen LogP contribution < -0.4 is 5.56 Å². The smallest absolute Gasteiger partial charge is 0.277 e. The molecule has 0 aliphatic carbocycles. The Bertz CT molecular complexity index is 789. The Kier molecular flexibility index (Phi) is 3.81. The molecule has 0 bridgehead atoms. The molecule has 3 rings (SSSR count). The molecule has 5 heteroatoms. The minimum absolute atomic E-state index is 0.112. The predicted molar refractivity (Wildman–Crippen MR) is 82.3 cm³/mol. The van der Waals surface area contributed by atoms with E-state index in [-0.39, 0.29) is 5.56 Å². The summed E-state index contributed by atoms with van der Waals surface area (Å²) in [5, 5.41) is 0. The van der Waals surface area contributed by atoms with Crippen molar-refractivity contribution in [3.05, 3.63) is 58.4 Å². The monoisotopic (exact) mass is 282 g/mol. The molecule has 5 nitrogen and oxygen atoms in total. The van der Waals surface area contributed by atoms with Crippen molar-refractivity contribution in [1.82, 2.24) is 19.5 Å². The number of aromatic nitrogens is 4. The second kappa shape index (κ2) is 5.91. The van der Waals surface area contributed by atoms with Gasteiger partial charge in [-0.2, -0.15) is 0 Å². The van der Waals surface area contributed by atoms with E-state index in [1.807, 2.05) is 34.9 Å². The Morgan fingerprint density at radius 3 is 2.81 bits per heavy atom. The first-order valence-electron chi connectivity index (χ1n) is 7.26. The first-order valence-corrected chi connectivity index (χ1v) is 7.26. The van der Waals surface area contributed by atoms with Gasteiger partial charge in [0.05, 0.1) is 6.33 Å². The third kappa shape index (κ3) is 2.86. The highest BCUT2D eigenvalue weighted by Gasteiger charge is 2.10. The van der Waals surface area contributed by atoms with Crippen molar-refractivity contribution in [2.75, 3.05) is 0 Å². The zero-order valence-corrected chi connectivity index (χ0v) is 12.0. The van der Waals surface area contributed by atoms with E-state index in [4.69, 9.17) is 0 Å². The molecule has 108 valence electrons. The van der Waals surface area contributed by atoms with E-state index in [1.165, 1.54) is 0 Å². The number of nitrogens with one attached hydrogen (secondary N) is 1. The number of rotatable bonds is 5. The lowest BCUT2D eigenvalue weighted by molar-refractivity contribution is 0.750. The summed E-state index contributed by atoms with van der Waals surface area (Å²) in [6, 6.07) is 10.0. The molecule has 0 atom stereocenters. The topological polar surface area (TPSA) is 63.6 Å². The number of hydrogen-bond donors (Lipinski definition) is 1. The van der Waals surface area contributed by atoms with E-state index in [9.17, 15) is 4.79 Å². The van der Waals surface area contributed by atoms with Gasteiger partial charge in [-0.15, -0.1) is 0 Å². The third-order valence-electron chi connectivity index (χ3n) is 3.50. The van der Waals surface area contributed by atoms with Gasteiger partial charge < -0.3 is 9.55 Å². The lowest BCUT2D eigenvalue weighted by atomic mass is 10.2. The molecule has 2 aromatic heterocycles. The van der Waals surface area contributed by atoms with Crippen molar-refractivity contribution >= 4 is 11.2 Å². The molecule has 0 radical (unpaired) electrons. The predicted octanol–water partition coefficient (Wildman–Crippen LogP) is 2.51. The lowest BCUT2D eigenvalue weighted by Crippen LogP contribution is -2.15. The van der Waals surface area contributed by atoms with Crippen LogP contribution in [0.4, 0.5) is 0 Å². The Morgan fingerprint density at radius 2 is 2.05 bits per heavy atom. The molecule has 0 saturated carbocycles. The van der Waals surface area contributed by atoms with Crippen LogP contribution in [-0.2, 0) is 13.0 Å². The van der Waals surface area contributed by atoms with E-state index in [2.05, 4.69) is 21.9 Å². The van der Waals surface area contributed by atoms with Crippen LogP contribution in [0.25, 0.3) is 11.2 Å².